The van der Waals surface area contributed by atoms with Gasteiger partial charge in [0, 0.05) is 39.3 Å². The Kier molecular flexibility index (Phi) is 4.39. The van der Waals surface area contributed by atoms with E-state index in [-0.39, 0.29) is 5.91 Å². The summed E-state index contributed by atoms with van der Waals surface area (Å²) in [5, 5.41) is 7.11. The SMILES string of the molecule is CCC1(OC(C)=O)CCN(c2ccnc(Nc3cnn(C)c3)n2)C1=O. The number of esters is 1. The smallest absolute Gasteiger partial charge is 0.303 e. The topological polar surface area (TPSA) is 102 Å². The van der Waals surface area contributed by atoms with Crippen molar-refractivity contribution in [3.63, 3.8) is 0 Å². The van der Waals surface area contributed by atoms with Crippen molar-refractivity contribution >= 4 is 29.3 Å². The molecule has 0 bridgehead atoms. The van der Waals surface area contributed by atoms with E-state index in [2.05, 4.69) is 20.4 Å². The van der Waals surface area contributed by atoms with Crippen LogP contribution in [0.2, 0.25) is 0 Å². The highest BCUT2D eigenvalue weighted by Gasteiger charge is 2.49. The summed E-state index contributed by atoms with van der Waals surface area (Å²) in [5.41, 5.74) is -0.358. The maximum absolute atomic E-state index is 12.8. The first-order valence-electron chi connectivity index (χ1n) is 8.04. The first-order valence-corrected chi connectivity index (χ1v) is 8.04. The van der Waals surface area contributed by atoms with Gasteiger partial charge in [-0.2, -0.15) is 10.1 Å². The molecular formula is C16H20N6O3. The summed E-state index contributed by atoms with van der Waals surface area (Å²) in [7, 11) is 1.81. The van der Waals surface area contributed by atoms with Crippen molar-refractivity contribution in [1.82, 2.24) is 19.7 Å². The van der Waals surface area contributed by atoms with Crippen molar-refractivity contribution in [3.05, 3.63) is 24.7 Å². The second-order valence-corrected chi connectivity index (χ2v) is 5.91. The van der Waals surface area contributed by atoms with Crippen LogP contribution in [0, 0.1) is 0 Å². The van der Waals surface area contributed by atoms with E-state index < -0.39 is 11.6 Å². The molecule has 0 saturated carbocycles. The number of hydrogen-bond donors (Lipinski definition) is 1. The van der Waals surface area contributed by atoms with Gasteiger partial charge < -0.3 is 10.1 Å². The van der Waals surface area contributed by atoms with Crippen LogP contribution in [0.25, 0.3) is 0 Å². The number of aryl methyl sites for hydroxylation is 1. The Labute approximate surface area is 145 Å². The van der Waals surface area contributed by atoms with Gasteiger partial charge >= 0.3 is 5.97 Å². The molecule has 0 spiro atoms. The van der Waals surface area contributed by atoms with Gasteiger partial charge in [0.05, 0.1) is 11.9 Å². The molecule has 0 radical (unpaired) electrons. The van der Waals surface area contributed by atoms with E-state index in [0.29, 0.717) is 31.2 Å². The van der Waals surface area contributed by atoms with Gasteiger partial charge in [0.15, 0.2) is 5.60 Å². The molecule has 1 amide bonds. The Morgan fingerprint density at radius 2 is 2.28 bits per heavy atom. The molecule has 1 N–H and O–H groups in total. The lowest BCUT2D eigenvalue weighted by Crippen LogP contribution is -2.43. The van der Waals surface area contributed by atoms with Crippen molar-refractivity contribution < 1.29 is 14.3 Å². The van der Waals surface area contributed by atoms with E-state index in [1.165, 1.54) is 11.8 Å². The molecule has 3 heterocycles. The third kappa shape index (κ3) is 3.30. The summed E-state index contributed by atoms with van der Waals surface area (Å²) in [6.45, 7) is 3.58. The third-order valence-corrected chi connectivity index (χ3v) is 4.16. The fourth-order valence-electron chi connectivity index (χ4n) is 2.91. The Hall–Kier alpha value is -2.97. The monoisotopic (exact) mass is 344 g/mol. The number of hydrogen-bond acceptors (Lipinski definition) is 7. The molecule has 1 atom stereocenters. The minimum Gasteiger partial charge on any atom is -0.449 e. The summed E-state index contributed by atoms with van der Waals surface area (Å²) in [5.74, 6) is 0.114. The van der Waals surface area contributed by atoms with Gasteiger partial charge in [-0.05, 0) is 12.5 Å². The van der Waals surface area contributed by atoms with Gasteiger partial charge in [-0.3, -0.25) is 19.2 Å². The van der Waals surface area contributed by atoms with E-state index in [9.17, 15) is 9.59 Å². The van der Waals surface area contributed by atoms with Crippen molar-refractivity contribution in [2.45, 2.75) is 32.3 Å². The van der Waals surface area contributed by atoms with Crippen molar-refractivity contribution in [2.75, 3.05) is 16.8 Å². The quantitative estimate of drug-likeness (QED) is 0.818. The number of carbonyl (C=O) groups excluding carboxylic acids is 2. The van der Waals surface area contributed by atoms with E-state index in [4.69, 9.17) is 4.74 Å². The van der Waals surface area contributed by atoms with Crippen LogP contribution in [-0.2, 0) is 21.4 Å². The van der Waals surface area contributed by atoms with E-state index in [0.717, 1.165) is 5.69 Å². The molecule has 9 nitrogen and oxygen atoms in total. The van der Waals surface area contributed by atoms with Crippen LogP contribution in [0.1, 0.15) is 26.7 Å². The van der Waals surface area contributed by atoms with Crippen LogP contribution in [0.3, 0.4) is 0 Å². The number of nitrogens with one attached hydrogen (secondary N) is 1. The standard InChI is InChI=1S/C16H20N6O3/c1-4-16(25-11(2)23)6-8-22(14(16)24)13-5-7-17-15(20-13)19-12-9-18-21(3)10-12/h5,7,9-10H,4,6,8H2,1-3H3,(H,17,19,20). The molecule has 1 aliphatic rings. The zero-order chi connectivity index (χ0) is 18.0. The summed E-state index contributed by atoms with van der Waals surface area (Å²) < 4.78 is 7.00. The van der Waals surface area contributed by atoms with Crippen molar-refractivity contribution in [1.29, 1.82) is 0 Å². The maximum atomic E-state index is 12.8. The fraction of sp³-hybridized carbons (Fsp3) is 0.438. The molecule has 0 aromatic carbocycles. The lowest BCUT2D eigenvalue weighted by Gasteiger charge is -2.25. The molecule has 1 aliphatic heterocycles. The van der Waals surface area contributed by atoms with Crippen LogP contribution >= 0.6 is 0 Å². The molecule has 3 rings (SSSR count). The normalized spacial score (nSPS) is 20.0. The second-order valence-electron chi connectivity index (χ2n) is 5.91. The molecule has 2 aromatic heterocycles. The Morgan fingerprint density at radius 1 is 1.48 bits per heavy atom. The first kappa shape index (κ1) is 16.9. The summed E-state index contributed by atoms with van der Waals surface area (Å²) in [6.07, 6.45) is 5.89. The minimum atomic E-state index is -1.10. The van der Waals surface area contributed by atoms with Gasteiger partial charge in [0.25, 0.3) is 5.91 Å². The van der Waals surface area contributed by atoms with Gasteiger partial charge in [0.2, 0.25) is 5.95 Å². The van der Waals surface area contributed by atoms with E-state index in [1.807, 2.05) is 14.0 Å². The Balaban J connectivity index is 1.81. The maximum Gasteiger partial charge on any atom is 0.303 e. The van der Waals surface area contributed by atoms with Crippen LogP contribution in [0.5, 0.6) is 0 Å². The van der Waals surface area contributed by atoms with Crippen molar-refractivity contribution in [2.24, 2.45) is 7.05 Å². The molecule has 1 unspecified atom stereocenters. The number of nitrogens with zero attached hydrogens (tertiary/aromatic N) is 5. The number of carbonyl (C=O) groups is 2. The molecule has 1 saturated heterocycles. The molecule has 132 valence electrons. The van der Waals surface area contributed by atoms with E-state index in [1.54, 1.807) is 29.3 Å². The highest BCUT2D eigenvalue weighted by atomic mass is 16.6. The van der Waals surface area contributed by atoms with Gasteiger partial charge in [0.1, 0.15) is 5.82 Å². The lowest BCUT2D eigenvalue weighted by molar-refractivity contribution is -0.163. The van der Waals surface area contributed by atoms with Gasteiger partial charge in [-0.15, -0.1) is 0 Å². The zero-order valence-electron chi connectivity index (χ0n) is 14.4. The van der Waals surface area contributed by atoms with Gasteiger partial charge in [-0.25, -0.2) is 4.98 Å². The second kappa shape index (κ2) is 6.50. The molecule has 0 aliphatic carbocycles. The van der Waals surface area contributed by atoms with Crippen LogP contribution in [0.4, 0.5) is 17.5 Å². The largest absolute Gasteiger partial charge is 0.449 e. The van der Waals surface area contributed by atoms with Crippen LogP contribution in [0.15, 0.2) is 24.7 Å². The number of rotatable bonds is 5. The van der Waals surface area contributed by atoms with Crippen LogP contribution in [-0.4, -0.2) is 43.8 Å². The molecular weight excluding hydrogens is 324 g/mol. The average Bonchev–Trinajstić information content (AvgIpc) is 3.12. The summed E-state index contributed by atoms with van der Waals surface area (Å²) in [6, 6.07) is 1.66. The van der Waals surface area contributed by atoms with Crippen LogP contribution < -0.4 is 10.2 Å². The first-order chi connectivity index (χ1) is 11.9. The third-order valence-electron chi connectivity index (χ3n) is 4.16. The lowest BCUT2D eigenvalue weighted by atomic mass is 9.99. The highest BCUT2D eigenvalue weighted by molar-refractivity contribution is 6.02. The number of ether oxygens (including phenoxy) is 1. The summed E-state index contributed by atoms with van der Waals surface area (Å²) >= 11 is 0. The minimum absolute atomic E-state index is 0.253. The molecule has 2 aromatic rings. The predicted molar refractivity (Wildman–Crippen MR) is 90.3 cm³/mol. The molecule has 25 heavy (non-hydrogen) atoms. The molecule has 9 heteroatoms. The average molecular weight is 344 g/mol. The summed E-state index contributed by atoms with van der Waals surface area (Å²) in [4.78, 5) is 34.3. The number of anilines is 3. The van der Waals surface area contributed by atoms with E-state index >= 15 is 0 Å². The predicted octanol–water partition coefficient (Wildman–Crippen LogP) is 1.40. The zero-order valence-corrected chi connectivity index (χ0v) is 14.4. The van der Waals surface area contributed by atoms with Gasteiger partial charge in [-0.1, -0.05) is 6.92 Å². The number of amides is 1. The Morgan fingerprint density at radius 3 is 2.92 bits per heavy atom. The fourth-order valence-corrected chi connectivity index (χ4v) is 2.91. The number of aromatic nitrogens is 4. The Bertz CT molecular complexity index is 805. The van der Waals surface area contributed by atoms with Crippen molar-refractivity contribution in [3.8, 4) is 0 Å². The highest BCUT2D eigenvalue weighted by Crippen LogP contribution is 2.33. The molecule has 1 fully saturated rings.